The molecule has 0 radical (unpaired) electrons. The highest BCUT2D eigenvalue weighted by molar-refractivity contribution is 4.95. The summed E-state index contributed by atoms with van der Waals surface area (Å²) in [5.74, 6) is 1.35. The Morgan fingerprint density at radius 2 is 1.94 bits per heavy atom. The molecule has 1 aliphatic rings. The molecule has 1 aromatic rings. The smallest absolute Gasteiger partial charge is 0.177 e. The van der Waals surface area contributed by atoms with E-state index in [1.165, 1.54) is 4.80 Å². The standard InChI is InChI=1S/C13H24N4O/c1-12(2,3)10-5-7-13(18,8-6-10)9-11-14-16-17(4)15-11/h10,18H,5-9H2,1-4H3. The van der Waals surface area contributed by atoms with E-state index in [1.54, 1.807) is 7.05 Å². The third-order valence-corrected chi connectivity index (χ3v) is 4.18. The van der Waals surface area contributed by atoms with Crippen LogP contribution in [0.3, 0.4) is 0 Å². The van der Waals surface area contributed by atoms with E-state index in [4.69, 9.17) is 0 Å². The van der Waals surface area contributed by atoms with Crippen LogP contribution in [0.25, 0.3) is 0 Å². The highest BCUT2D eigenvalue weighted by Crippen LogP contribution is 2.42. The predicted molar refractivity (Wildman–Crippen MR) is 68.9 cm³/mol. The molecule has 0 unspecified atom stereocenters. The zero-order valence-electron chi connectivity index (χ0n) is 11.8. The van der Waals surface area contributed by atoms with Gasteiger partial charge in [0, 0.05) is 6.42 Å². The predicted octanol–water partition coefficient (Wildman–Crippen LogP) is 1.72. The van der Waals surface area contributed by atoms with Crippen LogP contribution in [-0.2, 0) is 13.5 Å². The maximum atomic E-state index is 10.6. The van der Waals surface area contributed by atoms with Gasteiger partial charge in [-0.3, -0.25) is 0 Å². The summed E-state index contributed by atoms with van der Waals surface area (Å²) >= 11 is 0. The topological polar surface area (TPSA) is 63.8 Å². The van der Waals surface area contributed by atoms with Gasteiger partial charge in [0.15, 0.2) is 5.82 Å². The van der Waals surface area contributed by atoms with E-state index in [0.29, 0.717) is 23.6 Å². The van der Waals surface area contributed by atoms with Crippen LogP contribution in [0.4, 0.5) is 0 Å². The van der Waals surface area contributed by atoms with Crippen LogP contribution in [-0.4, -0.2) is 30.9 Å². The second-order valence-corrected chi connectivity index (χ2v) is 6.74. The SMILES string of the molecule is Cn1nnc(CC2(O)CCC(C(C)(C)C)CC2)n1. The third kappa shape index (κ3) is 3.07. The van der Waals surface area contributed by atoms with Gasteiger partial charge in [0.2, 0.25) is 0 Å². The molecule has 1 heterocycles. The molecule has 1 N–H and O–H groups in total. The van der Waals surface area contributed by atoms with Crippen molar-refractivity contribution >= 4 is 0 Å². The molecule has 18 heavy (non-hydrogen) atoms. The zero-order valence-corrected chi connectivity index (χ0v) is 11.8. The summed E-state index contributed by atoms with van der Waals surface area (Å²) < 4.78 is 0. The van der Waals surface area contributed by atoms with E-state index in [2.05, 4.69) is 36.2 Å². The Kier molecular flexibility index (Phi) is 3.45. The van der Waals surface area contributed by atoms with E-state index < -0.39 is 5.60 Å². The second kappa shape index (κ2) is 4.61. The first-order valence-corrected chi connectivity index (χ1v) is 6.74. The average molecular weight is 252 g/mol. The number of rotatable bonds is 2. The lowest BCUT2D eigenvalue weighted by atomic mass is 9.68. The molecule has 0 spiro atoms. The summed E-state index contributed by atoms with van der Waals surface area (Å²) in [5, 5.41) is 22.5. The van der Waals surface area contributed by atoms with Gasteiger partial charge in [-0.15, -0.1) is 10.2 Å². The van der Waals surface area contributed by atoms with E-state index >= 15 is 0 Å². The van der Waals surface area contributed by atoms with Crippen LogP contribution in [0.5, 0.6) is 0 Å². The van der Waals surface area contributed by atoms with E-state index in [0.717, 1.165) is 25.7 Å². The molecule has 0 atom stereocenters. The van der Waals surface area contributed by atoms with Crippen molar-refractivity contribution in [2.75, 3.05) is 0 Å². The molecule has 0 bridgehead atoms. The molecule has 102 valence electrons. The Hall–Kier alpha value is -0.970. The van der Waals surface area contributed by atoms with Gasteiger partial charge in [0.05, 0.1) is 12.6 Å². The fourth-order valence-electron chi connectivity index (χ4n) is 2.89. The number of nitrogens with zero attached hydrogens (tertiary/aromatic N) is 4. The van der Waals surface area contributed by atoms with Crippen LogP contribution >= 0.6 is 0 Å². The largest absolute Gasteiger partial charge is 0.389 e. The van der Waals surface area contributed by atoms with Gasteiger partial charge in [-0.05, 0) is 42.2 Å². The van der Waals surface area contributed by atoms with Crippen molar-refractivity contribution < 1.29 is 5.11 Å². The fourth-order valence-corrected chi connectivity index (χ4v) is 2.89. The number of hydrogen-bond donors (Lipinski definition) is 1. The summed E-state index contributed by atoms with van der Waals surface area (Å²) in [4.78, 5) is 1.44. The van der Waals surface area contributed by atoms with Crippen LogP contribution < -0.4 is 0 Å². The Labute approximate surface area is 109 Å². The van der Waals surface area contributed by atoms with Gasteiger partial charge in [-0.1, -0.05) is 20.8 Å². The minimum atomic E-state index is -0.634. The van der Waals surface area contributed by atoms with Crippen molar-refractivity contribution in [3.8, 4) is 0 Å². The maximum absolute atomic E-state index is 10.6. The lowest BCUT2D eigenvalue weighted by molar-refractivity contribution is -0.0259. The van der Waals surface area contributed by atoms with Gasteiger partial charge in [0.25, 0.3) is 0 Å². The van der Waals surface area contributed by atoms with Gasteiger partial charge < -0.3 is 5.11 Å². The lowest BCUT2D eigenvalue weighted by Crippen LogP contribution is -2.39. The van der Waals surface area contributed by atoms with Crippen molar-refractivity contribution in [3.63, 3.8) is 0 Å². The molecule has 0 aromatic carbocycles. The molecule has 1 saturated carbocycles. The van der Waals surface area contributed by atoms with Crippen LogP contribution in [0, 0.1) is 11.3 Å². The molecule has 5 heteroatoms. The number of aromatic nitrogens is 4. The first-order chi connectivity index (χ1) is 8.28. The van der Waals surface area contributed by atoms with Crippen molar-refractivity contribution in [2.45, 2.75) is 58.5 Å². The first kappa shape index (κ1) is 13.5. The third-order valence-electron chi connectivity index (χ3n) is 4.18. The van der Waals surface area contributed by atoms with Gasteiger partial charge in [-0.25, -0.2) is 0 Å². The minimum absolute atomic E-state index is 0.339. The highest BCUT2D eigenvalue weighted by atomic mass is 16.3. The second-order valence-electron chi connectivity index (χ2n) is 6.74. The van der Waals surface area contributed by atoms with E-state index in [1.807, 2.05) is 0 Å². The summed E-state index contributed by atoms with van der Waals surface area (Å²) in [7, 11) is 1.75. The Bertz CT molecular complexity index is 399. The van der Waals surface area contributed by atoms with Gasteiger partial charge in [0.1, 0.15) is 0 Å². The molecule has 1 fully saturated rings. The molecule has 1 aromatic heterocycles. The zero-order chi connectivity index (χ0) is 13.4. The van der Waals surface area contributed by atoms with Crippen molar-refractivity contribution in [1.29, 1.82) is 0 Å². The molecule has 2 rings (SSSR count). The molecular weight excluding hydrogens is 228 g/mol. The quantitative estimate of drug-likeness (QED) is 0.870. The summed E-state index contributed by atoms with van der Waals surface area (Å²) in [5.41, 5.74) is -0.295. The number of hydrogen-bond acceptors (Lipinski definition) is 4. The Morgan fingerprint density at radius 1 is 1.33 bits per heavy atom. The summed E-state index contributed by atoms with van der Waals surface area (Å²) in [6.07, 6.45) is 4.37. The Morgan fingerprint density at radius 3 is 2.39 bits per heavy atom. The van der Waals surface area contributed by atoms with Crippen LogP contribution in [0.1, 0.15) is 52.3 Å². The van der Waals surface area contributed by atoms with Gasteiger partial charge in [-0.2, -0.15) is 4.80 Å². The highest BCUT2D eigenvalue weighted by Gasteiger charge is 2.38. The molecule has 1 aliphatic carbocycles. The van der Waals surface area contributed by atoms with Crippen molar-refractivity contribution in [2.24, 2.45) is 18.4 Å². The number of aliphatic hydroxyl groups is 1. The fraction of sp³-hybridized carbons (Fsp3) is 0.923. The van der Waals surface area contributed by atoms with Gasteiger partial charge >= 0.3 is 0 Å². The van der Waals surface area contributed by atoms with Crippen LogP contribution in [0.15, 0.2) is 0 Å². The maximum Gasteiger partial charge on any atom is 0.177 e. The van der Waals surface area contributed by atoms with E-state index in [-0.39, 0.29) is 0 Å². The molecule has 0 saturated heterocycles. The number of tetrazole rings is 1. The van der Waals surface area contributed by atoms with E-state index in [9.17, 15) is 5.11 Å². The molecule has 5 nitrogen and oxygen atoms in total. The van der Waals surface area contributed by atoms with Crippen molar-refractivity contribution in [1.82, 2.24) is 20.2 Å². The minimum Gasteiger partial charge on any atom is -0.389 e. The normalized spacial score (nSPS) is 29.5. The Balaban J connectivity index is 1.95. The summed E-state index contributed by atoms with van der Waals surface area (Å²) in [6.45, 7) is 6.85. The first-order valence-electron chi connectivity index (χ1n) is 6.74. The van der Waals surface area contributed by atoms with Crippen LogP contribution in [0.2, 0.25) is 0 Å². The summed E-state index contributed by atoms with van der Waals surface area (Å²) in [6, 6.07) is 0. The number of aryl methyl sites for hydroxylation is 1. The molecule has 0 amide bonds. The lowest BCUT2D eigenvalue weighted by Gasteiger charge is -2.40. The molecule has 0 aliphatic heterocycles. The molecular formula is C13H24N4O. The average Bonchev–Trinajstić information content (AvgIpc) is 2.62. The monoisotopic (exact) mass is 252 g/mol. The van der Waals surface area contributed by atoms with Crippen molar-refractivity contribution in [3.05, 3.63) is 5.82 Å².